The standard InChI is InChI=1S/C11H19NO4/c1-8(2)12(6-7-13)9(14)11(10(15)16)4-3-5-11/h8,13H,3-7H2,1-2H3,(H,15,16). The van der Waals surface area contributed by atoms with Crippen LogP contribution in [-0.4, -0.2) is 46.2 Å². The Morgan fingerprint density at radius 3 is 2.19 bits per heavy atom. The molecule has 92 valence electrons. The van der Waals surface area contributed by atoms with Crippen LogP contribution in [-0.2, 0) is 9.59 Å². The lowest BCUT2D eigenvalue weighted by molar-refractivity contribution is -0.168. The summed E-state index contributed by atoms with van der Waals surface area (Å²) in [5.74, 6) is -1.39. The van der Waals surface area contributed by atoms with Crippen molar-refractivity contribution in [3.8, 4) is 0 Å². The zero-order valence-corrected chi connectivity index (χ0v) is 9.77. The largest absolute Gasteiger partial charge is 0.480 e. The summed E-state index contributed by atoms with van der Waals surface area (Å²) >= 11 is 0. The smallest absolute Gasteiger partial charge is 0.319 e. The summed E-state index contributed by atoms with van der Waals surface area (Å²) in [6, 6.07) is -0.0866. The Bertz CT molecular complexity index is 284. The molecular weight excluding hydrogens is 210 g/mol. The van der Waals surface area contributed by atoms with E-state index >= 15 is 0 Å². The first-order valence-corrected chi connectivity index (χ1v) is 5.61. The van der Waals surface area contributed by atoms with Gasteiger partial charge in [-0.25, -0.2) is 0 Å². The van der Waals surface area contributed by atoms with Gasteiger partial charge in [0.2, 0.25) is 5.91 Å². The van der Waals surface area contributed by atoms with Gasteiger partial charge in [0, 0.05) is 12.6 Å². The van der Waals surface area contributed by atoms with Crippen molar-refractivity contribution in [2.24, 2.45) is 5.41 Å². The molecule has 16 heavy (non-hydrogen) atoms. The fourth-order valence-electron chi connectivity index (χ4n) is 2.03. The lowest BCUT2D eigenvalue weighted by Crippen LogP contribution is -2.55. The van der Waals surface area contributed by atoms with E-state index in [1.165, 1.54) is 4.90 Å². The Kier molecular flexibility index (Phi) is 3.91. The van der Waals surface area contributed by atoms with Crippen molar-refractivity contribution in [1.29, 1.82) is 0 Å². The first kappa shape index (κ1) is 13.0. The molecule has 0 aromatic heterocycles. The van der Waals surface area contributed by atoms with Gasteiger partial charge >= 0.3 is 5.97 Å². The van der Waals surface area contributed by atoms with Gasteiger partial charge in [-0.15, -0.1) is 0 Å². The van der Waals surface area contributed by atoms with Crippen LogP contribution < -0.4 is 0 Å². The van der Waals surface area contributed by atoms with Gasteiger partial charge in [0.25, 0.3) is 0 Å². The van der Waals surface area contributed by atoms with Crippen molar-refractivity contribution >= 4 is 11.9 Å². The molecule has 0 spiro atoms. The van der Waals surface area contributed by atoms with Crippen LogP contribution in [0.3, 0.4) is 0 Å². The van der Waals surface area contributed by atoms with Gasteiger partial charge < -0.3 is 15.1 Å². The van der Waals surface area contributed by atoms with Crippen LogP contribution in [0.4, 0.5) is 0 Å². The van der Waals surface area contributed by atoms with E-state index in [1.807, 2.05) is 13.8 Å². The molecule has 5 nitrogen and oxygen atoms in total. The molecular formula is C11H19NO4. The average Bonchev–Trinajstić information content (AvgIpc) is 2.10. The Balaban J connectivity index is 2.84. The highest BCUT2D eigenvalue weighted by atomic mass is 16.4. The number of carbonyl (C=O) groups is 2. The van der Waals surface area contributed by atoms with E-state index in [9.17, 15) is 9.59 Å². The molecule has 0 bridgehead atoms. The molecule has 1 rings (SSSR count). The number of rotatable bonds is 5. The fraction of sp³-hybridized carbons (Fsp3) is 0.818. The topological polar surface area (TPSA) is 77.8 Å². The maximum absolute atomic E-state index is 12.2. The molecule has 0 aliphatic heterocycles. The number of aliphatic hydroxyl groups excluding tert-OH is 1. The van der Waals surface area contributed by atoms with Gasteiger partial charge in [-0.2, -0.15) is 0 Å². The zero-order chi connectivity index (χ0) is 12.3. The van der Waals surface area contributed by atoms with E-state index in [4.69, 9.17) is 10.2 Å². The third-order valence-corrected chi connectivity index (χ3v) is 3.25. The van der Waals surface area contributed by atoms with E-state index < -0.39 is 11.4 Å². The van der Waals surface area contributed by atoms with Crippen LogP contribution in [0.15, 0.2) is 0 Å². The van der Waals surface area contributed by atoms with E-state index in [1.54, 1.807) is 0 Å². The van der Waals surface area contributed by atoms with E-state index in [0.717, 1.165) is 6.42 Å². The second-order valence-electron chi connectivity index (χ2n) is 4.56. The number of carboxylic acid groups (broad SMARTS) is 1. The molecule has 0 atom stereocenters. The van der Waals surface area contributed by atoms with Crippen LogP contribution in [0.1, 0.15) is 33.1 Å². The molecule has 1 saturated carbocycles. The Labute approximate surface area is 95.1 Å². The minimum atomic E-state index is -1.22. The molecule has 0 saturated heterocycles. The Morgan fingerprint density at radius 1 is 1.38 bits per heavy atom. The predicted octanol–water partition coefficient (Wildman–Crippen LogP) is 0.471. The molecule has 0 aromatic rings. The third-order valence-electron chi connectivity index (χ3n) is 3.25. The molecule has 0 radical (unpaired) electrons. The summed E-state index contributed by atoms with van der Waals surface area (Å²) in [5, 5.41) is 18.0. The molecule has 1 aliphatic rings. The molecule has 0 unspecified atom stereocenters. The number of amides is 1. The van der Waals surface area contributed by atoms with Crippen LogP contribution in [0, 0.1) is 5.41 Å². The van der Waals surface area contributed by atoms with E-state index in [-0.39, 0.29) is 25.1 Å². The second-order valence-corrected chi connectivity index (χ2v) is 4.56. The van der Waals surface area contributed by atoms with E-state index in [2.05, 4.69) is 0 Å². The zero-order valence-electron chi connectivity index (χ0n) is 9.77. The van der Waals surface area contributed by atoms with Crippen molar-refractivity contribution in [3.63, 3.8) is 0 Å². The van der Waals surface area contributed by atoms with Crippen molar-refractivity contribution in [2.45, 2.75) is 39.2 Å². The number of aliphatic hydroxyl groups is 1. The molecule has 1 amide bonds. The van der Waals surface area contributed by atoms with Gasteiger partial charge in [0.15, 0.2) is 0 Å². The summed E-state index contributed by atoms with van der Waals surface area (Å²) in [6.45, 7) is 3.70. The fourth-order valence-corrected chi connectivity index (χ4v) is 2.03. The summed E-state index contributed by atoms with van der Waals surface area (Å²) in [5.41, 5.74) is -1.22. The van der Waals surface area contributed by atoms with Crippen LogP contribution in [0.25, 0.3) is 0 Å². The maximum Gasteiger partial charge on any atom is 0.319 e. The molecule has 2 N–H and O–H groups in total. The van der Waals surface area contributed by atoms with Gasteiger partial charge in [-0.3, -0.25) is 9.59 Å². The van der Waals surface area contributed by atoms with Crippen LogP contribution in [0.5, 0.6) is 0 Å². The highest BCUT2D eigenvalue weighted by molar-refractivity contribution is 6.02. The Morgan fingerprint density at radius 2 is 1.94 bits per heavy atom. The number of hydrogen-bond acceptors (Lipinski definition) is 3. The number of hydrogen-bond donors (Lipinski definition) is 2. The van der Waals surface area contributed by atoms with Gasteiger partial charge in [0.1, 0.15) is 5.41 Å². The lowest BCUT2D eigenvalue weighted by Gasteiger charge is -2.41. The molecule has 1 aliphatic carbocycles. The van der Waals surface area contributed by atoms with Gasteiger partial charge in [0.05, 0.1) is 6.61 Å². The highest BCUT2D eigenvalue weighted by Crippen LogP contribution is 2.43. The SMILES string of the molecule is CC(C)N(CCO)C(=O)C1(C(=O)O)CCC1. The quantitative estimate of drug-likeness (QED) is 0.672. The van der Waals surface area contributed by atoms with Gasteiger partial charge in [-0.1, -0.05) is 6.42 Å². The maximum atomic E-state index is 12.2. The minimum absolute atomic E-state index is 0.0866. The van der Waals surface area contributed by atoms with Gasteiger partial charge in [-0.05, 0) is 26.7 Å². The molecule has 0 aromatic carbocycles. The van der Waals surface area contributed by atoms with Crippen molar-refractivity contribution in [3.05, 3.63) is 0 Å². The van der Waals surface area contributed by atoms with Crippen molar-refractivity contribution in [1.82, 2.24) is 4.90 Å². The van der Waals surface area contributed by atoms with Crippen LogP contribution >= 0.6 is 0 Å². The number of carboxylic acids is 1. The van der Waals surface area contributed by atoms with Crippen molar-refractivity contribution in [2.75, 3.05) is 13.2 Å². The number of carbonyl (C=O) groups excluding carboxylic acids is 1. The Hall–Kier alpha value is -1.10. The second kappa shape index (κ2) is 4.82. The third kappa shape index (κ3) is 2.04. The normalized spacial score (nSPS) is 18.0. The minimum Gasteiger partial charge on any atom is -0.480 e. The summed E-state index contributed by atoms with van der Waals surface area (Å²) in [4.78, 5) is 24.8. The molecule has 5 heteroatoms. The highest BCUT2D eigenvalue weighted by Gasteiger charge is 2.53. The summed E-state index contributed by atoms with van der Waals surface area (Å²) in [6.07, 6.45) is 1.61. The predicted molar refractivity (Wildman–Crippen MR) is 57.9 cm³/mol. The number of aliphatic carboxylic acids is 1. The molecule has 1 fully saturated rings. The first-order chi connectivity index (χ1) is 7.45. The average molecular weight is 229 g/mol. The van der Waals surface area contributed by atoms with Crippen molar-refractivity contribution < 1.29 is 19.8 Å². The van der Waals surface area contributed by atoms with Crippen LogP contribution in [0.2, 0.25) is 0 Å². The molecule has 0 heterocycles. The first-order valence-electron chi connectivity index (χ1n) is 5.61. The lowest BCUT2D eigenvalue weighted by atomic mass is 9.67. The summed E-state index contributed by atoms with van der Waals surface area (Å²) in [7, 11) is 0. The van der Waals surface area contributed by atoms with E-state index in [0.29, 0.717) is 12.8 Å². The number of nitrogens with zero attached hydrogens (tertiary/aromatic N) is 1. The summed E-state index contributed by atoms with van der Waals surface area (Å²) < 4.78 is 0. The monoisotopic (exact) mass is 229 g/mol.